The number of fused-ring (bicyclic) bond motifs is 2. The van der Waals surface area contributed by atoms with Crippen LogP contribution in [-0.2, 0) is 28.0 Å². The average molecular weight is 381 g/mol. The molecule has 2 saturated heterocycles. The van der Waals surface area contributed by atoms with Gasteiger partial charge in [-0.2, -0.15) is 0 Å². The summed E-state index contributed by atoms with van der Waals surface area (Å²) in [6, 6.07) is 2.45. The van der Waals surface area contributed by atoms with Crippen molar-refractivity contribution in [1.82, 2.24) is 9.80 Å². The Bertz CT molecular complexity index is 590. The van der Waals surface area contributed by atoms with Gasteiger partial charge >= 0.3 is 0 Å². The molecule has 0 saturated carbocycles. The highest BCUT2D eigenvalue weighted by Gasteiger charge is 2.42. The van der Waals surface area contributed by atoms with E-state index in [0.717, 1.165) is 25.4 Å². The standard InChI is InChI=1S/C18H28N2OS.C2H4O2/c1-3-15-10-16-17(22-15)4-9-21-18(16)5-7-20(8-6-18)13-14-11-19(2)12-14;3-1-2-4/h10,14H,3-9,11-13H2,1-2H3;1,4H,2H2. The Labute approximate surface area is 160 Å². The number of hydrogen-bond acceptors (Lipinski definition) is 6. The minimum Gasteiger partial charge on any atom is -0.389 e. The molecule has 3 aliphatic rings. The lowest BCUT2D eigenvalue weighted by molar-refractivity contribution is -0.110. The van der Waals surface area contributed by atoms with Crippen molar-refractivity contribution in [2.45, 2.75) is 38.2 Å². The maximum Gasteiger partial charge on any atom is 0.145 e. The lowest BCUT2D eigenvalue weighted by Crippen LogP contribution is -2.52. The highest BCUT2D eigenvalue weighted by molar-refractivity contribution is 7.12. The van der Waals surface area contributed by atoms with Crippen LogP contribution < -0.4 is 0 Å². The Morgan fingerprint density at radius 1 is 1.38 bits per heavy atom. The van der Waals surface area contributed by atoms with E-state index < -0.39 is 0 Å². The normalized spacial score (nSPS) is 23.0. The SMILES string of the molecule is CCc1cc2c(s1)CCOC21CCN(CC2CN(C)C2)CC1.O=CCO. The molecule has 2 fully saturated rings. The molecule has 1 spiro atoms. The summed E-state index contributed by atoms with van der Waals surface area (Å²) in [6.07, 6.45) is 5.08. The number of nitrogens with zero attached hydrogens (tertiary/aromatic N) is 2. The van der Waals surface area contributed by atoms with Crippen LogP contribution in [0.15, 0.2) is 6.07 Å². The first-order valence-electron chi connectivity index (χ1n) is 9.81. The molecule has 1 N–H and O–H groups in total. The van der Waals surface area contributed by atoms with Crippen LogP contribution in [-0.4, -0.2) is 74.2 Å². The maximum absolute atomic E-state index is 8.92. The van der Waals surface area contributed by atoms with Crippen molar-refractivity contribution in [3.63, 3.8) is 0 Å². The zero-order valence-electron chi connectivity index (χ0n) is 16.1. The summed E-state index contributed by atoms with van der Waals surface area (Å²) in [4.78, 5) is 17.2. The summed E-state index contributed by atoms with van der Waals surface area (Å²) in [7, 11) is 2.22. The first-order chi connectivity index (χ1) is 12.6. The molecule has 4 heterocycles. The third-order valence-corrected chi connectivity index (χ3v) is 7.14. The van der Waals surface area contributed by atoms with Gasteiger partial charge in [0.1, 0.15) is 6.29 Å². The van der Waals surface area contributed by atoms with Crippen molar-refractivity contribution in [1.29, 1.82) is 0 Å². The van der Waals surface area contributed by atoms with E-state index >= 15 is 0 Å². The molecule has 26 heavy (non-hydrogen) atoms. The molecule has 0 unspecified atom stereocenters. The molecule has 5 nitrogen and oxygen atoms in total. The molecule has 6 heteroatoms. The number of aldehydes is 1. The Morgan fingerprint density at radius 2 is 2.08 bits per heavy atom. The first kappa shape index (κ1) is 20.0. The fraction of sp³-hybridized carbons (Fsp3) is 0.750. The lowest BCUT2D eigenvalue weighted by Gasteiger charge is -2.46. The van der Waals surface area contributed by atoms with Gasteiger partial charge in [0.15, 0.2) is 0 Å². The highest BCUT2D eigenvalue weighted by Crippen LogP contribution is 2.44. The molecule has 0 bridgehead atoms. The first-order valence-corrected chi connectivity index (χ1v) is 10.6. The van der Waals surface area contributed by atoms with E-state index in [9.17, 15) is 0 Å². The minimum absolute atomic E-state index is 0.0460. The zero-order chi connectivity index (χ0) is 18.6. The zero-order valence-corrected chi connectivity index (χ0v) is 16.9. The van der Waals surface area contributed by atoms with Gasteiger partial charge in [0.05, 0.1) is 18.8 Å². The van der Waals surface area contributed by atoms with Crippen molar-refractivity contribution < 1.29 is 14.6 Å². The number of carbonyl (C=O) groups is 1. The predicted octanol–water partition coefficient (Wildman–Crippen LogP) is 1.91. The summed E-state index contributed by atoms with van der Waals surface area (Å²) in [6.45, 7) is 9.09. The van der Waals surface area contributed by atoms with Crippen LogP contribution in [0.3, 0.4) is 0 Å². The summed E-state index contributed by atoms with van der Waals surface area (Å²) in [5.41, 5.74) is 1.59. The van der Waals surface area contributed by atoms with Crippen LogP contribution in [0.4, 0.5) is 0 Å². The molecule has 4 rings (SSSR count). The molecule has 1 aromatic rings. The summed E-state index contributed by atoms with van der Waals surface area (Å²) in [5, 5.41) is 7.51. The van der Waals surface area contributed by atoms with Crippen LogP contribution >= 0.6 is 11.3 Å². The van der Waals surface area contributed by atoms with E-state index in [1.54, 1.807) is 10.4 Å². The van der Waals surface area contributed by atoms with E-state index in [-0.39, 0.29) is 12.2 Å². The fourth-order valence-electron chi connectivity index (χ4n) is 4.47. The van der Waals surface area contributed by atoms with Gasteiger partial charge in [-0.25, -0.2) is 0 Å². The van der Waals surface area contributed by atoms with Gasteiger partial charge in [0.25, 0.3) is 0 Å². The van der Waals surface area contributed by atoms with Crippen LogP contribution in [0.5, 0.6) is 0 Å². The molecule has 3 aliphatic heterocycles. The van der Waals surface area contributed by atoms with Gasteiger partial charge in [-0.15, -0.1) is 11.3 Å². The van der Waals surface area contributed by atoms with Gasteiger partial charge in [-0.1, -0.05) is 6.92 Å². The van der Waals surface area contributed by atoms with Crippen LogP contribution in [0.2, 0.25) is 0 Å². The summed E-state index contributed by atoms with van der Waals surface area (Å²) in [5.74, 6) is 0.898. The molecule has 0 radical (unpaired) electrons. The number of carbonyl (C=O) groups excluding carboxylic acids is 1. The number of likely N-dealkylation sites (tertiary alicyclic amines) is 2. The Hall–Kier alpha value is -0.790. The van der Waals surface area contributed by atoms with E-state index in [4.69, 9.17) is 14.6 Å². The number of aliphatic hydroxyl groups is 1. The summed E-state index contributed by atoms with van der Waals surface area (Å²) < 4.78 is 6.37. The number of ether oxygens (including phenoxy) is 1. The molecule has 146 valence electrons. The molecule has 0 amide bonds. The summed E-state index contributed by atoms with van der Waals surface area (Å²) >= 11 is 2.03. The second-order valence-electron chi connectivity index (χ2n) is 7.73. The van der Waals surface area contributed by atoms with Crippen molar-refractivity contribution in [3.05, 3.63) is 21.4 Å². The third kappa shape index (κ3) is 4.37. The smallest absolute Gasteiger partial charge is 0.145 e. The molecule has 1 aromatic heterocycles. The van der Waals surface area contributed by atoms with Gasteiger partial charge < -0.3 is 24.4 Å². The highest BCUT2D eigenvalue weighted by atomic mass is 32.1. The predicted molar refractivity (Wildman–Crippen MR) is 105 cm³/mol. The fourth-order valence-corrected chi connectivity index (χ4v) is 5.64. The van der Waals surface area contributed by atoms with Gasteiger partial charge in [-0.05, 0) is 43.9 Å². The van der Waals surface area contributed by atoms with Gasteiger partial charge in [0, 0.05) is 48.9 Å². The molecule has 0 atom stereocenters. The van der Waals surface area contributed by atoms with Crippen LogP contribution in [0.1, 0.15) is 35.1 Å². The largest absolute Gasteiger partial charge is 0.389 e. The van der Waals surface area contributed by atoms with Gasteiger partial charge in [-0.3, -0.25) is 0 Å². The van der Waals surface area contributed by atoms with Crippen molar-refractivity contribution >= 4 is 17.6 Å². The Morgan fingerprint density at radius 3 is 2.65 bits per heavy atom. The second-order valence-corrected chi connectivity index (χ2v) is 8.95. The van der Waals surface area contributed by atoms with Crippen molar-refractivity contribution in [2.24, 2.45) is 5.92 Å². The number of thiophene rings is 1. The number of aliphatic hydroxyl groups excluding tert-OH is 1. The molecule has 0 aromatic carbocycles. The third-order valence-electron chi connectivity index (χ3n) is 5.80. The second kappa shape index (κ2) is 8.93. The van der Waals surface area contributed by atoms with Crippen molar-refractivity contribution in [3.8, 4) is 0 Å². The van der Waals surface area contributed by atoms with E-state index in [1.165, 1.54) is 50.4 Å². The number of aryl methyl sites for hydroxylation is 1. The topological polar surface area (TPSA) is 53.0 Å². The monoisotopic (exact) mass is 380 g/mol. The lowest BCUT2D eigenvalue weighted by atomic mass is 9.82. The van der Waals surface area contributed by atoms with Crippen LogP contribution in [0.25, 0.3) is 0 Å². The number of hydrogen-bond donors (Lipinski definition) is 1. The maximum atomic E-state index is 8.92. The Kier molecular flexibility index (Phi) is 6.86. The minimum atomic E-state index is -0.361. The number of piperidine rings is 1. The van der Waals surface area contributed by atoms with E-state index in [1.807, 2.05) is 11.3 Å². The molecular weight excluding hydrogens is 348 g/mol. The Balaban J connectivity index is 0.000000447. The van der Waals surface area contributed by atoms with Crippen molar-refractivity contribution in [2.75, 3.05) is 53.0 Å². The average Bonchev–Trinajstić information content (AvgIpc) is 3.08. The van der Waals surface area contributed by atoms with Crippen LogP contribution in [0, 0.1) is 5.92 Å². The van der Waals surface area contributed by atoms with E-state index in [0.29, 0.717) is 6.29 Å². The number of rotatable bonds is 4. The quantitative estimate of drug-likeness (QED) is 0.809. The molecule has 0 aliphatic carbocycles. The molecular formula is C20H32N2O3S. The van der Waals surface area contributed by atoms with Gasteiger partial charge in [0.2, 0.25) is 0 Å². The van der Waals surface area contributed by atoms with E-state index in [2.05, 4.69) is 29.8 Å².